The predicted octanol–water partition coefficient (Wildman–Crippen LogP) is 3.35. The number of hydrogen-bond donors (Lipinski definition) is 1. The van der Waals surface area contributed by atoms with Crippen LogP contribution >= 0.6 is 11.3 Å². The number of allylic oxidation sites excluding steroid dienone is 1. The van der Waals surface area contributed by atoms with Crippen LogP contribution in [0.3, 0.4) is 0 Å². The van der Waals surface area contributed by atoms with E-state index in [2.05, 4.69) is 0 Å². The van der Waals surface area contributed by atoms with Gasteiger partial charge in [-0.1, -0.05) is 6.07 Å². The van der Waals surface area contributed by atoms with Gasteiger partial charge in [0.2, 0.25) is 0 Å². The minimum atomic E-state index is -0.0617. The van der Waals surface area contributed by atoms with Gasteiger partial charge in [-0.3, -0.25) is 4.79 Å². The van der Waals surface area contributed by atoms with E-state index in [-0.39, 0.29) is 11.5 Å². The second-order valence-electron chi connectivity index (χ2n) is 3.26. The van der Waals surface area contributed by atoms with Crippen LogP contribution in [0.1, 0.15) is 15.2 Å². The smallest absolute Gasteiger partial charge is 0.185 e. The van der Waals surface area contributed by atoms with Crippen LogP contribution in [0.5, 0.6) is 5.75 Å². The van der Waals surface area contributed by atoms with E-state index in [0.29, 0.717) is 5.56 Å². The number of rotatable bonds is 3. The molecule has 1 aromatic carbocycles. The van der Waals surface area contributed by atoms with Gasteiger partial charge in [-0.25, -0.2) is 0 Å². The molecule has 1 N–H and O–H groups in total. The molecule has 0 fully saturated rings. The molecule has 2 rings (SSSR count). The number of hydrogen-bond acceptors (Lipinski definition) is 3. The number of ketones is 1. The molecule has 0 radical (unpaired) electrons. The van der Waals surface area contributed by atoms with Crippen molar-refractivity contribution in [2.24, 2.45) is 0 Å². The van der Waals surface area contributed by atoms with E-state index in [1.165, 1.54) is 18.2 Å². The maximum absolute atomic E-state index is 11.7. The lowest BCUT2D eigenvalue weighted by Gasteiger charge is -1.95. The fraction of sp³-hybridized carbons (Fsp3) is 0. The number of carbonyl (C=O) groups excluding carboxylic acids is 1. The van der Waals surface area contributed by atoms with Crippen LogP contribution in [-0.4, -0.2) is 10.9 Å². The molecule has 1 aromatic heterocycles. The number of benzene rings is 1. The molecule has 0 saturated heterocycles. The minimum absolute atomic E-state index is 0.0617. The first-order valence-corrected chi connectivity index (χ1v) is 5.68. The number of phenols is 1. The third-order valence-electron chi connectivity index (χ3n) is 2.09. The molecule has 0 atom stereocenters. The fourth-order valence-electron chi connectivity index (χ4n) is 1.27. The molecule has 0 aliphatic rings. The molecule has 0 bridgehead atoms. The third-order valence-corrected chi connectivity index (χ3v) is 2.93. The summed E-state index contributed by atoms with van der Waals surface area (Å²) >= 11 is 1.58. The monoisotopic (exact) mass is 230 g/mol. The molecule has 0 amide bonds. The van der Waals surface area contributed by atoms with E-state index < -0.39 is 0 Å². The van der Waals surface area contributed by atoms with Crippen molar-refractivity contribution in [1.29, 1.82) is 0 Å². The zero-order valence-corrected chi connectivity index (χ0v) is 9.28. The maximum Gasteiger partial charge on any atom is 0.185 e. The minimum Gasteiger partial charge on any atom is -0.508 e. The molecular formula is C13H10O2S. The summed E-state index contributed by atoms with van der Waals surface area (Å²) in [6, 6.07) is 10.1. The Morgan fingerprint density at radius 2 is 1.94 bits per heavy atom. The van der Waals surface area contributed by atoms with Crippen LogP contribution < -0.4 is 0 Å². The van der Waals surface area contributed by atoms with Crippen molar-refractivity contribution in [3.8, 4) is 5.75 Å². The number of thiophene rings is 1. The zero-order valence-electron chi connectivity index (χ0n) is 8.46. The highest BCUT2D eigenvalue weighted by Gasteiger charge is 2.00. The molecule has 80 valence electrons. The number of phenolic OH excluding ortho intramolecular Hbond substituents is 1. The van der Waals surface area contributed by atoms with Crippen molar-refractivity contribution in [1.82, 2.24) is 0 Å². The van der Waals surface area contributed by atoms with Crippen LogP contribution in [-0.2, 0) is 0 Å². The molecular weight excluding hydrogens is 220 g/mol. The molecule has 1 heterocycles. The molecule has 0 saturated carbocycles. The SMILES string of the molecule is O=C(C=Cc1cccs1)c1ccc(O)cc1. The van der Waals surface area contributed by atoms with Crippen LogP contribution in [0, 0.1) is 0 Å². The van der Waals surface area contributed by atoms with Gasteiger partial charge < -0.3 is 5.11 Å². The Balaban J connectivity index is 2.11. The largest absolute Gasteiger partial charge is 0.508 e. The Morgan fingerprint density at radius 1 is 1.19 bits per heavy atom. The first-order chi connectivity index (χ1) is 7.75. The standard InChI is InChI=1S/C13H10O2S/c14-11-5-3-10(4-6-11)13(15)8-7-12-2-1-9-16-12/h1-9,14H. The molecule has 2 aromatic rings. The van der Waals surface area contributed by atoms with Crippen molar-refractivity contribution in [3.05, 3.63) is 58.3 Å². The lowest BCUT2D eigenvalue weighted by molar-refractivity contribution is 0.104. The molecule has 0 aliphatic heterocycles. The Bertz CT molecular complexity index is 495. The third kappa shape index (κ3) is 2.58. The van der Waals surface area contributed by atoms with Gasteiger partial charge in [0.05, 0.1) is 0 Å². The summed E-state index contributed by atoms with van der Waals surface area (Å²) in [4.78, 5) is 12.7. The Labute approximate surface area is 97.5 Å². The second-order valence-corrected chi connectivity index (χ2v) is 4.24. The van der Waals surface area contributed by atoms with Gasteiger partial charge in [-0.2, -0.15) is 0 Å². The Kier molecular flexibility index (Phi) is 3.17. The van der Waals surface area contributed by atoms with Crippen LogP contribution in [0.2, 0.25) is 0 Å². The summed E-state index contributed by atoms with van der Waals surface area (Å²) in [6.07, 6.45) is 3.33. The van der Waals surface area contributed by atoms with E-state index in [9.17, 15) is 4.79 Å². The number of aromatic hydroxyl groups is 1. The summed E-state index contributed by atoms with van der Waals surface area (Å²) in [5.41, 5.74) is 0.575. The fourth-order valence-corrected chi connectivity index (χ4v) is 1.88. The highest BCUT2D eigenvalue weighted by Crippen LogP contribution is 2.13. The van der Waals surface area contributed by atoms with Crippen molar-refractivity contribution >= 4 is 23.2 Å². The van der Waals surface area contributed by atoms with E-state index >= 15 is 0 Å². The zero-order chi connectivity index (χ0) is 11.4. The van der Waals surface area contributed by atoms with Crippen LogP contribution in [0.15, 0.2) is 47.9 Å². The van der Waals surface area contributed by atoms with E-state index in [0.717, 1.165) is 4.88 Å². The van der Waals surface area contributed by atoms with E-state index in [1.54, 1.807) is 29.5 Å². The predicted molar refractivity (Wildman–Crippen MR) is 65.8 cm³/mol. The highest BCUT2D eigenvalue weighted by molar-refractivity contribution is 7.10. The summed E-state index contributed by atoms with van der Waals surface area (Å²) < 4.78 is 0. The normalized spacial score (nSPS) is 10.8. The summed E-state index contributed by atoms with van der Waals surface area (Å²) in [5.74, 6) is 0.104. The van der Waals surface area contributed by atoms with E-state index in [4.69, 9.17) is 5.11 Å². The van der Waals surface area contributed by atoms with Crippen LogP contribution in [0.4, 0.5) is 0 Å². The quantitative estimate of drug-likeness (QED) is 0.648. The highest BCUT2D eigenvalue weighted by atomic mass is 32.1. The van der Waals surface area contributed by atoms with Gasteiger partial charge in [0, 0.05) is 10.4 Å². The van der Waals surface area contributed by atoms with Gasteiger partial charge in [0.1, 0.15) is 5.75 Å². The van der Waals surface area contributed by atoms with Gasteiger partial charge >= 0.3 is 0 Å². The second kappa shape index (κ2) is 4.77. The summed E-state index contributed by atoms with van der Waals surface area (Å²) in [6.45, 7) is 0. The van der Waals surface area contributed by atoms with Gasteiger partial charge in [-0.05, 0) is 47.9 Å². The summed E-state index contributed by atoms with van der Waals surface area (Å²) in [7, 11) is 0. The Hall–Kier alpha value is -1.87. The summed E-state index contributed by atoms with van der Waals surface area (Å²) in [5, 5.41) is 11.1. The average molecular weight is 230 g/mol. The topological polar surface area (TPSA) is 37.3 Å². The maximum atomic E-state index is 11.7. The Morgan fingerprint density at radius 3 is 2.56 bits per heavy atom. The average Bonchev–Trinajstić information content (AvgIpc) is 2.80. The molecule has 16 heavy (non-hydrogen) atoms. The molecule has 0 unspecified atom stereocenters. The van der Waals surface area contributed by atoms with Crippen molar-refractivity contribution in [2.75, 3.05) is 0 Å². The lowest BCUT2D eigenvalue weighted by Crippen LogP contribution is -1.92. The molecule has 0 aliphatic carbocycles. The lowest BCUT2D eigenvalue weighted by atomic mass is 10.1. The molecule has 2 nitrogen and oxygen atoms in total. The van der Waals surface area contributed by atoms with Crippen LogP contribution in [0.25, 0.3) is 6.08 Å². The van der Waals surface area contributed by atoms with Crippen molar-refractivity contribution in [3.63, 3.8) is 0 Å². The van der Waals surface area contributed by atoms with Crippen molar-refractivity contribution in [2.45, 2.75) is 0 Å². The molecule has 0 spiro atoms. The van der Waals surface area contributed by atoms with Crippen molar-refractivity contribution < 1.29 is 9.90 Å². The first kappa shape index (κ1) is 10.6. The van der Waals surface area contributed by atoms with Gasteiger partial charge in [0.25, 0.3) is 0 Å². The van der Waals surface area contributed by atoms with E-state index in [1.807, 2.05) is 17.5 Å². The molecule has 3 heteroatoms. The first-order valence-electron chi connectivity index (χ1n) is 4.80. The van der Waals surface area contributed by atoms with Gasteiger partial charge in [0.15, 0.2) is 5.78 Å². The van der Waals surface area contributed by atoms with Gasteiger partial charge in [-0.15, -0.1) is 11.3 Å². The number of carbonyl (C=O) groups is 1.